The summed E-state index contributed by atoms with van der Waals surface area (Å²) in [5.41, 5.74) is 2.49. The molecule has 2 rings (SSSR count). The molecule has 1 heterocycles. The Bertz CT molecular complexity index is 596. The Morgan fingerprint density at radius 3 is 2.18 bits per heavy atom. The Kier molecular flexibility index (Phi) is 5.07. The summed E-state index contributed by atoms with van der Waals surface area (Å²) < 4.78 is 6.08. The summed E-state index contributed by atoms with van der Waals surface area (Å²) in [5.74, 6) is 1.70. The van der Waals surface area contributed by atoms with E-state index < -0.39 is 0 Å². The topological polar surface area (TPSA) is 25.4 Å². The van der Waals surface area contributed by atoms with Crippen molar-refractivity contribution in [2.75, 3.05) is 18.0 Å². The highest BCUT2D eigenvalue weighted by Crippen LogP contribution is 2.32. The van der Waals surface area contributed by atoms with Crippen LogP contribution in [0.5, 0.6) is 11.5 Å². The van der Waals surface area contributed by atoms with Crippen molar-refractivity contribution in [1.82, 2.24) is 4.98 Å². The molecule has 22 heavy (non-hydrogen) atoms. The largest absolute Gasteiger partial charge is 0.455 e. The third-order valence-electron chi connectivity index (χ3n) is 3.81. The molecule has 0 atom stereocenters. The maximum Gasteiger partial charge on any atom is 0.153 e. The van der Waals surface area contributed by atoms with E-state index in [0.29, 0.717) is 0 Å². The van der Waals surface area contributed by atoms with E-state index >= 15 is 0 Å². The quantitative estimate of drug-likeness (QED) is 0.775. The highest BCUT2D eigenvalue weighted by atomic mass is 16.5. The Morgan fingerprint density at radius 1 is 1.00 bits per heavy atom. The molecule has 0 saturated carbocycles. The molecule has 0 fully saturated rings. The number of aromatic nitrogens is 1. The van der Waals surface area contributed by atoms with Gasteiger partial charge in [-0.25, -0.2) is 0 Å². The molecule has 3 nitrogen and oxygen atoms in total. The number of benzene rings is 1. The maximum atomic E-state index is 6.08. The molecular formula is C19H26N2O. The minimum atomic E-state index is 0.154. The summed E-state index contributed by atoms with van der Waals surface area (Å²) in [6, 6.07) is 10.3. The normalized spacial score (nSPS) is 11.3. The van der Waals surface area contributed by atoms with Crippen molar-refractivity contribution in [2.24, 2.45) is 0 Å². The third-order valence-corrected chi connectivity index (χ3v) is 3.81. The molecule has 0 aliphatic heterocycles. The van der Waals surface area contributed by atoms with Crippen molar-refractivity contribution in [3.8, 4) is 11.5 Å². The number of hydrogen-bond acceptors (Lipinski definition) is 3. The highest BCUT2D eigenvalue weighted by molar-refractivity contribution is 5.57. The Balaban J connectivity index is 2.24. The summed E-state index contributed by atoms with van der Waals surface area (Å²) in [5, 5.41) is 0. The fraction of sp³-hybridized carbons (Fsp3) is 0.421. The molecule has 1 aromatic heterocycles. The van der Waals surface area contributed by atoms with Crippen LogP contribution in [0.1, 0.15) is 40.2 Å². The molecule has 0 spiro atoms. The fourth-order valence-electron chi connectivity index (χ4n) is 2.41. The van der Waals surface area contributed by atoms with E-state index in [9.17, 15) is 0 Å². The van der Waals surface area contributed by atoms with Gasteiger partial charge in [0.2, 0.25) is 0 Å². The smallest absolute Gasteiger partial charge is 0.153 e. The van der Waals surface area contributed by atoms with Crippen molar-refractivity contribution < 1.29 is 4.74 Å². The average Bonchev–Trinajstić information content (AvgIpc) is 2.50. The molecule has 0 amide bonds. The van der Waals surface area contributed by atoms with Gasteiger partial charge in [0, 0.05) is 25.4 Å². The average molecular weight is 298 g/mol. The van der Waals surface area contributed by atoms with Crippen LogP contribution in [-0.2, 0) is 5.41 Å². The first-order valence-corrected chi connectivity index (χ1v) is 7.93. The SMILES string of the molecule is CCN(CC)c1cnccc1Oc1ccc(C(C)(C)C)cc1. The van der Waals surface area contributed by atoms with Crippen LogP contribution in [-0.4, -0.2) is 18.1 Å². The lowest BCUT2D eigenvalue weighted by Gasteiger charge is -2.23. The molecule has 118 valence electrons. The van der Waals surface area contributed by atoms with Crippen LogP contribution >= 0.6 is 0 Å². The van der Waals surface area contributed by atoms with Gasteiger partial charge in [-0.15, -0.1) is 0 Å². The third kappa shape index (κ3) is 3.79. The summed E-state index contributed by atoms with van der Waals surface area (Å²) in [6.45, 7) is 12.8. The van der Waals surface area contributed by atoms with E-state index in [1.165, 1.54) is 5.56 Å². The lowest BCUT2D eigenvalue weighted by molar-refractivity contribution is 0.479. The van der Waals surface area contributed by atoms with Gasteiger partial charge in [0.05, 0.1) is 11.9 Å². The molecule has 0 saturated heterocycles. The molecule has 0 aliphatic rings. The van der Waals surface area contributed by atoms with Crippen LogP contribution in [0.25, 0.3) is 0 Å². The number of rotatable bonds is 5. The number of anilines is 1. The number of hydrogen-bond donors (Lipinski definition) is 0. The summed E-state index contributed by atoms with van der Waals surface area (Å²) in [7, 11) is 0. The molecule has 2 aromatic rings. The first-order valence-electron chi connectivity index (χ1n) is 7.93. The summed E-state index contributed by atoms with van der Waals surface area (Å²) in [6.07, 6.45) is 3.64. The van der Waals surface area contributed by atoms with E-state index in [4.69, 9.17) is 4.74 Å². The van der Waals surface area contributed by atoms with Crippen molar-refractivity contribution in [1.29, 1.82) is 0 Å². The summed E-state index contributed by atoms with van der Waals surface area (Å²) in [4.78, 5) is 6.47. The second kappa shape index (κ2) is 6.82. The Morgan fingerprint density at radius 2 is 1.64 bits per heavy atom. The second-order valence-corrected chi connectivity index (χ2v) is 6.39. The molecule has 0 aliphatic carbocycles. The van der Waals surface area contributed by atoms with E-state index in [2.05, 4.69) is 56.6 Å². The van der Waals surface area contributed by atoms with Crippen molar-refractivity contribution in [3.63, 3.8) is 0 Å². The first kappa shape index (κ1) is 16.3. The zero-order valence-corrected chi connectivity index (χ0v) is 14.3. The van der Waals surface area contributed by atoms with Gasteiger partial charge in [-0.1, -0.05) is 32.9 Å². The molecule has 0 unspecified atom stereocenters. The minimum Gasteiger partial charge on any atom is -0.455 e. The Labute approximate surface area is 134 Å². The molecular weight excluding hydrogens is 272 g/mol. The van der Waals surface area contributed by atoms with Crippen LogP contribution in [0.2, 0.25) is 0 Å². The van der Waals surface area contributed by atoms with Gasteiger partial charge < -0.3 is 9.64 Å². The van der Waals surface area contributed by atoms with Gasteiger partial charge in [-0.3, -0.25) is 4.98 Å². The predicted molar refractivity (Wildman–Crippen MR) is 93.0 cm³/mol. The van der Waals surface area contributed by atoms with Gasteiger partial charge in [-0.05, 0) is 37.0 Å². The van der Waals surface area contributed by atoms with E-state index in [-0.39, 0.29) is 5.41 Å². The molecule has 1 aromatic carbocycles. The van der Waals surface area contributed by atoms with Crippen LogP contribution in [0, 0.1) is 0 Å². The first-order chi connectivity index (χ1) is 10.5. The standard InChI is InChI=1S/C19H26N2O/c1-6-21(7-2)17-14-20-13-12-18(17)22-16-10-8-15(9-11-16)19(3,4)5/h8-14H,6-7H2,1-5H3. The molecule has 3 heteroatoms. The van der Waals surface area contributed by atoms with Gasteiger partial charge >= 0.3 is 0 Å². The lowest BCUT2D eigenvalue weighted by Crippen LogP contribution is -2.22. The number of nitrogens with zero attached hydrogens (tertiary/aromatic N) is 2. The predicted octanol–water partition coefficient (Wildman–Crippen LogP) is 5.02. The van der Waals surface area contributed by atoms with Crippen molar-refractivity contribution in [2.45, 2.75) is 40.0 Å². The second-order valence-electron chi connectivity index (χ2n) is 6.39. The lowest BCUT2D eigenvalue weighted by atomic mass is 9.87. The van der Waals surface area contributed by atoms with Gasteiger partial charge in [0.25, 0.3) is 0 Å². The highest BCUT2D eigenvalue weighted by Gasteiger charge is 2.14. The summed E-state index contributed by atoms with van der Waals surface area (Å²) >= 11 is 0. The fourth-order valence-corrected chi connectivity index (χ4v) is 2.41. The van der Waals surface area contributed by atoms with Crippen LogP contribution in [0.4, 0.5) is 5.69 Å². The van der Waals surface area contributed by atoms with E-state index in [1.807, 2.05) is 24.4 Å². The van der Waals surface area contributed by atoms with E-state index in [0.717, 1.165) is 30.3 Å². The van der Waals surface area contributed by atoms with Crippen LogP contribution in [0.15, 0.2) is 42.7 Å². The zero-order chi connectivity index (χ0) is 16.2. The minimum absolute atomic E-state index is 0.154. The number of pyridine rings is 1. The monoisotopic (exact) mass is 298 g/mol. The van der Waals surface area contributed by atoms with Crippen LogP contribution in [0.3, 0.4) is 0 Å². The van der Waals surface area contributed by atoms with Gasteiger partial charge in [0.1, 0.15) is 5.75 Å². The van der Waals surface area contributed by atoms with Crippen LogP contribution < -0.4 is 9.64 Å². The number of ether oxygens (including phenoxy) is 1. The van der Waals surface area contributed by atoms with E-state index in [1.54, 1.807) is 6.20 Å². The molecule has 0 radical (unpaired) electrons. The maximum absolute atomic E-state index is 6.08. The Hall–Kier alpha value is -2.03. The van der Waals surface area contributed by atoms with Crippen molar-refractivity contribution in [3.05, 3.63) is 48.3 Å². The molecule has 0 N–H and O–H groups in total. The van der Waals surface area contributed by atoms with Gasteiger partial charge in [0.15, 0.2) is 5.75 Å². The molecule has 0 bridgehead atoms. The van der Waals surface area contributed by atoms with Crippen molar-refractivity contribution >= 4 is 5.69 Å². The zero-order valence-electron chi connectivity index (χ0n) is 14.3. The van der Waals surface area contributed by atoms with Gasteiger partial charge in [-0.2, -0.15) is 0 Å².